The fourth-order valence-electron chi connectivity index (χ4n) is 6.85. The number of hydrogen-bond acceptors (Lipinski definition) is 5. The molecule has 1 aliphatic carbocycles. The van der Waals surface area contributed by atoms with Crippen LogP contribution in [0, 0.1) is 5.41 Å². The molecule has 0 radical (unpaired) electrons. The highest BCUT2D eigenvalue weighted by atomic mass is 32.2. The Hall–Kier alpha value is -3.65. The van der Waals surface area contributed by atoms with Gasteiger partial charge in [-0.1, -0.05) is 136 Å². The van der Waals surface area contributed by atoms with Crippen molar-refractivity contribution in [3.05, 3.63) is 132 Å². The van der Waals surface area contributed by atoms with Gasteiger partial charge in [0.15, 0.2) is 0 Å². The molecule has 1 unspecified atom stereocenters. The predicted octanol–water partition coefficient (Wildman–Crippen LogP) is 7.79. The average Bonchev–Trinajstić information content (AvgIpc) is 3.09. The number of carbonyl (C=O) groups is 2. The van der Waals surface area contributed by atoms with Crippen LogP contribution in [0.25, 0.3) is 0 Å². The van der Waals surface area contributed by atoms with Crippen LogP contribution in [0.5, 0.6) is 0 Å². The fourth-order valence-corrected chi connectivity index (χ4v) is 12.3. The molecule has 7 heteroatoms. The van der Waals surface area contributed by atoms with E-state index in [4.69, 9.17) is 9.16 Å². The zero-order valence-corrected chi connectivity index (χ0v) is 30.3. The lowest BCUT2D eigenvalue weighted by molar-refractivity contribution is -0.123. The molecule has 4 aromatic carbocycles. The van der Waals surface area contributed by atoms with Gasteiger partial charge in [0.1, 0.15) is 0 Å². The first-order chi connectivity index (χ1) is 23.2. The van der Waals surface area contributed by atoms with Crippen LogP contribution >= 0.6 is 11.8 Å². The maximum atomic E-state index is 13.7. The summed E-state index contributed by atoms with van der Waals surface area (Å²) in [6.45, 7) is 7.71. The lowest BCUT2D eigenvalue weighted by Gasteiger charge is -2.48. The van der Waals surface area contributed by atoms with E-state index in [-0.39, 0.29) is 34.9 Å². The second-order valence-corrected chi connectivity index (χ2v) is 19.4. The van der Waals surface area contributed by atoms with Crippen LogP contribution in [0.1, 0.15) is 68.8 Å². The van der Waals surface area contributed by atoms with Crippen molar-refractivity contribution >= 4 is 42.3 Å². The Labute approximate surface area is 292 Å². The lowest BCUT2D eigenvalue weighted by Crippen LogP contribution is -2.68. The average molecular weight is 680 g/mol. The second kappa shape index (κ2) is 16.6. The third-order valence-corrected chi connectivity index (χ3v) is 15.6. The van der Waals surface area contributed by atoms with Gasteiger partial charge in [-0.3, -0.25) is 4.79 Å². The molecule has 1 saturated carbocycles. The quantitative estimate of drug-likeness (QED) is 0.0745. The smallest absolute Gasteiger partial charge is 0.338 e. The van der Waals surface area contributed by atoms with E-state index >= 15 is 0 Å². The molecule has 5 nitrogen and oxygen atoms in total. The van der Waals surface area contributed by atoms with Crippen molar-refractivity contribution < 1.29 is 18.8 Å². The first-order valence-corrected chi connectivity index (χ1v) is 20.2. The number of nitrogens with one attached hydrogen (secondary N) is 1. The summed E-state index contributed by atoms with van der Waals surface area (Å²) in [6, 6.07) is 40.7. The van der Waals surface area contributed by atoms with Crippen LogP contribution < -0.4 is 15.7 Å². The lowest BCUT2D eigenvalue weighted by atomic mass is 9.66. The molecule has 0 aromatic heterocycles. The van der Waals surface area contributed by atoms with E-state index in [1.54, 1.807) is 12.1 Å². The Balaban J connectivity index is 1.38. The zero-order valence-electron chi connectivity index (χ0n) is 28.5. The van der Waals surface area contributed by atoms with Gasteiger partial charge in [0.05, 0.1) is 24.7 Å². The van der Waals surface area contributed by atoms with Crippen LogP contribution in [0.4, 0.5) is 0 Å². The van der Waals surface area contributed by atoms with Gasteiger partial charge in [0.2, 0.25) is 5.91 Å². The molecule has 1 atom stereocenters. The van der Waals surface area contributed by atoms with Gasteiger partial charge in [0, 0.05) is 23.5 Å². The Morgan fingerprint density at radius 1 is 0.812 bits per heavy atom. The van der Waals surface area contributed by atoms with Gasteiger partial charge in [0.25, 0.3) is 8.32 Å². The topological polar surface area (TPSA) is 64.6 Å². The third-order valence-electron chi connectivity index (χ3n) is 9.45. The predicted molar refractivity (Wildman–Crippen MR) is 200 cm³/mol. The van der Waals surface area contributed by atoms with Crippen molar-refractivity contribution in [2.75, 3.05) is 18.9 Å². The summed E-state index contributed by atoms with van der Waals surface area (Å²) in [5, 5.41) is 5.33. The van der Waals surface area contributed by atoms with Crippen molar-refractivity contribution in [2.45, 2.75) is 69.8 Å². The van der Waals surface area contributed by atoms with Crippen LogP contribution in [0.2, 0.25) is 5.04 Å². The number of carbonyl (C=O) groups excluding carboxylic acids is 2. The molecule has 4 aromatic rings. The first-order valence-electron chi connectivity index (χ1n) is 17.1. The van der Waals surface area contributed by atoms with Crippen LogP contribution in [0.15, 0.2) is 121 Å². The van der Waals surface area contributed by atoms with E-state index in [9.17, 15) is 9.59 Å². The molecule has 0 saturated heterocycles. The van der Waals surface area contributed by atoms with Gasteiger partial charge in [-0.25, -0.2) is 4.79 Å². The van der Waals surface area contributed by atoms with E-state index < -0.39 is 8.32 Å². The minimum absolute atomic E-state index is 0.00556. The number of rotatable bonds is 16. The molecule has 1 N–H and O–H groups in total. The molecule has 0 aliphatic heterocycles. The van der Waals surface area contributed by atoms with Gasteiger partial charge < -0.3 is 14.5 Å². The maximum absolute atomic E-state index is 13.7. The normalized spacial score (nSPS) is 14.8. The SMILES string of the molecule is CC(C)(C)[Si](OC(CC(=O)NCCSCc1ccccc1)CC1(COC(=O)c2ccccc2)CCC1)(c1ccccc1)c1ccccc1. The van der Waals surface area contributed by atoms with E-state index in [2.05, 4.69) is 98.9 Å². The maximum Gasteiger partial charge on any atom is 0.338 e. The molecule has 1 amide bonds. The molecule has 5 rings (SSSR count). The van der Waals surface area contributed by atoms with Crippen molar-refractivity contribution in [3.63, 3.8) is 0 Å². The summed E-state index contributed by atoms with van der Waals surface area (Å²) in [5.41, 5.74) is 1.61. The molecule has 48 heavy (non-hydrogen) atoms. The van der Waals surface area contributed by atoms with Crippen molar-refractivity contribution in [2.24, 2.45) is 5.41 Å². The van der Waals surface area contributed by atoms with E-state index in [0.717, 1.165) is 30.8 Å². The summed E-state index contributed by atoms with van der Waals surface area (Å²) in [6.07, 6.45) is 3.49. The number of ether oxygens (including phenoxy) is 1. The molecule has 1 aliphatic rings. The summed E-state index contributed by atoms with van der Waals surface area (Å²) >= 11 is 1.82. The standard InChI is InChI=1S/C41H49NO4SSi/c1-40(2,3)48(36-21-12-6-13-22-36,37-23-14-7-15-24-37)46-35(29-38(43)42-27-28-47-31-33-17-8-4-9-18-33)30-41(25-16-26-41)32-45-39(44)34-19-10-5-11-20-34/h4-15,17-24,35H,16,25-32H2,1-3H3,(H,42,43). The number of hydrogen-bond donors (Lipinski definition) is 1. The summed E-state index contributed by atoms with van der Waals surface area (Å²) < 4.78 is 13.5. The van der Waals surface area contributed by atoms with Gasteiger partial charge in [-0.05, 0) is 52.4 Å². The summed E-state index contributed by atoms with van der Waals surface area (Å²) in [7, 11) is -2.94. The minimum Gasteiger partial charge on any atom is -0.462 e. The summed E-state index contributed by atoms with van der Waals surface area (Å²) in [4.78, 5) is 26.6. The van der Waals surface area contributed by atoms with Gasteiger partial charge in [-0.15, -0.1) is 0 Å². The van der Waals surface area contributed by atoms with Crippen molar-refractivity contribution in [1.82, 2.24) is 5.32 Å². The first kappa shape index (κ1) is 35.6. The van der Waals surface area contributed by atoms with Crippen molar-refractivity contribution in [1.29, 1.82) is 0 Å². The number of thioether (sulfide) groups is 1. The Morgan fingerprint density at radius 3 is 1.88 bits per heavy atom. The van der Waals surface area contributed by atoms with Crippen molar-refractivity contribution in [3.8, 4) is 0 Å². The molecular weight excluding hydrogens is 631 g/mol. The zero-order chi connectivity index (χ0) is 33.9. The molecule has 0 bridgehead atoms. The third kappa shape index (κ3) is 9.07. The molecule has 0 heterocycles. The number of esters is 1. The second-order valence-electron chi connectivity index (χ2n) is 14.0. The van der Waals surface area contributed by atoms with Gasteiger partial charge in [-0.2, -0.15) is 11.8 Å². The highest BCUT2D eigenvalue weighted by Crippen LogP contribution is 2.47. The fraction of sp³-hybridized carbons (Fsp3) is 0.366. The molecular formula is C41H49NO4SSi. The van der Waals surface area contributed by atoms with Crippen LogP contribution in [-0.2, 0) is 19.7 Å². The van der Waals surface area contributed by atoms with Gasteiger partial charge >= 0.3 is 5.97 Å². The Morgan fingerprint density at radius 2 is 1.35 bits per heavy atom. The highest BCUT2D eigenvalue weighted by Gasteiger charge is 2.53. The van der Waals surface area contributed by atoms with Crippen LogP contribution in [-0.4, -0.2) is 45.2 Å². The monoisotopic (exact) mass is 679 g/mol. The Bertz CT molecular complexity index is 1540. The highest BCUT2D eigenvalue weighted by molar-refractivity contribution is 7.98. The number of benzene rings is 4. The molecule has 0 spiro atoms. The Kier molecular flexibility index (Phi) is 12.4. The van der Waals surface area contributed by atoms with Crippen LogP contribution in [0.3, 0.4) is 0 Å². The van der Waals surface area contributed by atoms with E-state index in [1.165, 1.54) is 15.9 Å². The molecule has 252 valence electrons. The molecule has 1 fully saturated rings. The number of amides is 1. The van der Waals surface area contributed by atoms with E-state index in [0.29, 0.717) is 25.1 Å². The minimum atomic E-state index is -2.94. The summed E-state index contributed by atoms with van der Waals surface area (Å²) in [5.74, 6) is 1.44. The van der Waals surface area contributed by atoms with E-state index in [1.807, 2.05) is 48.2 Å². The largest absolute Gasteiger partial charge is 0.462 e.